The quantitative estimate of drug-likeness (QED) is 0.0768. The molecule has 0 bridgehead atoms. The number of nitrogens with one attached hydrogen (secondary N) is 5. The first-order valence-corrected chi connectivity index (χ1v) is 15.8. The van der Waals surface area contributed by atoms with Crippen molar-refractivity contribution in [3.05, 3.63) is 94.8 Å². The fourth-order valence-electron chi connectivity index (χ4n) is 4.77. The number of rotatable bonds is 14. The molecule has 19 heteroatoms. The van der Waals surface area contributed by atoms with Gasteiger partial charge >= 0.3 is 30.0 Å². The van der Waals surface area contributed by atoms with Crippen LogP contribution in [-0.4, -0.2) is 69.1 Å². The molecule has 1 aliphatic carbocycles. The summed E-state index contributed by atoms with van der Waals surface area (Å²) in [6, 6.07) is 15.5. The second-order valence-corrected chi connectivity index (χ2v) is 11.9. The minimum atomic E-state index is -4.64. The number of halogens is 5. The summed E-state index contributed by atoms with van der Waals surface area (Å²) in [6.07, 6.45) is -3.53. The Labute approximate surface area is 297 Å². The molecule has 0 saturated heterocycles. The number of alkyl halides is 3. The van der Waals surface area contributed by atoms with Crippen LogP contribution in [0, 0.1) is 5.82 Å². The Morgan fingerprint density at radius 3 is 2.23 bits per heavy atom. The number of carbonyl (C=O) groups excluding carboxylic acids is 3. The van der Waals surface area contributed by atoms with Gasteiger partial charge in [-0.05, 0) is 79.4 Å². The number of carbonyl (C=O) groups is 4. The highest BCUT2D eigenvalue weighted by molar-refractivity contribution is 6.40. The summed E-state index contributed by atoms with van der Waals surface area (Å²) < 4.78 is 56.8. The largest absolute Gasteiger partial charge is 0.480 e. The van der Waals surface area contributed by atoms with Crippen LogP contribution >= 0.6 is 11.6 Å². The molecule has 5 rings (SSSR count). The molecule has 0 radical (unpaired) electrons. The number of aliphatic carboxylic acids is 1. The van der Waals surface area contributed by atoms with Crippen LogP contribution in [0.1, 0.15) is 35.2 Å². The number of nitrogens with zero attached hydrogens (tertiary/aromatic N) is 3. The van der Waals surface area contributed by atoms with E-state index in [9.17, 15) is 41.8 Å². The van der Waals surface area contributed by atoms with Crippen LogP contribution in [0.3, 0.4) is 0 Å². The summed E-state index contributed by atoms with van der Waals surface area (Å²) in [5.41, 5.74) is 0.814. The Hall–Kier alpha value is -6.04. The van der Waals surface area contributed by atoms with Crippen molar-refractivity contribution in [3.8, 4) is 6.01 Å². The van der Waals surface area contributed by atoms with Gasteiger partial charge in [0.2, 0.25) is 11.9 Å². The van der Waals surface area contributed by atoms with E-state index in [1.54, 1.807) is 12.1 Å². The molecule has 3 aromatic carbocycles. The lowest BCUT2D eigenvalue weighted by Gasteiger charge is -2.19. The SMILES string of the molecule is O=C(Nc1cccc(F)c1)C(=O)N[C@H](CCNC(=O)c1ccc(Nc2nc(NC3(c4ccc(Cl)cc4)CC3)nc(OCC(F)(F)F)n2)cc1)C(=O)O. The van der Waals surface area contributed by atoms with Crippen molar-refractivity contribution < 1.29 is 46.6 Å². The number of anilines is 4. The van der Waals surface area contributed by atoms with E-state index >= 15 is 0 Å². The summed E-state index contributed by atoms with van der Waals surface area (Å²) >= 11 is 6.01. The molecule has 1 aromatic heterocycles. The van der Waals surface area contributed by atoms with E-state index in [2.05, 4.69) is 41.5 Å². The Bertz CT molecular complexity index is 1950. The van der Waals surface area contributed by atoms with E-state index in [0.717, 1.165) is 17.7 Å². The van der Waals surface area contributed by atoms with Crippen molar-refractivity contribution >= 4 is 58.6 Å². The first-order chi connectivity index (χ1) is 24.7. The average Bonchev–Trinajstić information content (AvgIpc) is 3.87. The van der Waals surface area contributed by atoms with Crippen molar-refractivity contribution in [1.82, 2.24) is 25.6 Å². The summed E-state index contributed by atoms with van der Waals surface area (Å²) in [5.74, 6) is -5.40. The number of carboxylic acid groups (broad SMARTS) is 1. The van der Waals surface area contributed by atoms with Crippen LogP contribution in [0.25, 0.3) is 0 Å². The van der Waals surface area contributed by atoms with Gasteiger partial charge in [0.05, 0.1) is 5.54 Å². The van der Waals surface area contributed by atoms with Gasteiger partial charge in [-0.1, -0.05) is 29.8 Å². The first-order valence-electron chi connectivity index (χ1n) is 15.4. The zero-order chi connectivity index (χ0) is 37.5. The number of aromatic nitrogens is 3. The van der Waals surface area contributed by atoms with Crippen LogP contribution in [0.2, 0.25) is 5.02 Å². The van der Waals surface area contributed by atoms with Crippen LogP contribution in [0.15, 0.2) is 72.8 Å². The van der Waals surface area contributed by atoms with Gasteiger partial charge in [0, 0.05) is 28.5 Å². The van der Waals surface area contributed by atoms with Crippen molar-refractivity contribution in [2.75, 3.05) is 29.1 Å². The molecule has 0 spiro atoms. The first kappa shape index (κ1) is 37.2. The topological polar surface area (TPSA) is 197 Å². The minimum absolute atomic E-state index is 0.00741. The van der Waals surface area contributed by atoms with E-state index in [1.807, 2.05) is 12.1 Å². The minimum Gasteiger partial charge on any atom is -0.480 e. The Kier molecular flexibility index (Phi) is 11.4. The zero-order valence-electron chi connectivity index (χ0n) is 26.8. The predicted molar refractivity (Wildman–Crippen MR) is 179 cm³/mol. The molecule has 272 valence electrons. The highest BCUT2D eigenvalue weighted by Gasteiger charge is 2.45. The normalized spacial score (nSPS) is 13.6. The Morgan fingerprint density at radius 2 is 1.60 bits per heavy atom. The summed E-state index contributed by atoms with van der Waals surface area (Å²) in [7, 11) is 0. The zero-order valence-corrected chi connectivity index (χ0v) is 27.5. The highest BCUT2D eigenvalue weighted by Crippen LogP contribution is 2.48. The van der Waals surface area contributed by atoms with Crippen LogP contribution in [-0.2, 0) is 19.9 Å². The van der Waals surface area contributed by atoms with Crippen LogP contribution in [0.5, 0.6) is 6.01 Å². The average molecular weight is 745 g/mol. The maximum atomic E-state index is 13.3. The van der Waals surface area contributed by atoms with Gasteiger partial charge in [0.25, 0.3) is 5.91 Å². The molecule has 6 N–H and O–H groups in total. The Balaban J connectivity index is 1.18. The molecule has 1 aliphatic rings. The van der Waals surface area contributed by atoms with Crippen molar-refractivity contribution in [2.45, 2.75) is 37.0 Å². The van der Waals surface area contributed by atoms with E-state index in [0.29, 0.717) is 23.6 Å². The van der Waals surface area contributed by atoms with E-state index < -0.39 is 59.9 Å². The highest BCUT2D eigenvalue weighted by atomic mass is 35.5. The fraction of sp³-hybridized carbons (Fsp3) is 0.242. The third-order valence-electron chi connectivity index (χ3n) is 7.49. The maximum absolute atomic E-state index is 13.3. The second-order valence-electron chi connectivity index (χ2n) is 11.5. The molecule has 14 nitrogen and oxygen atoms in total. The molecule has 52 heavy (non-hydrogen) atoms. The van der Waals surface area contributed by atoms with Crippen LogP contribution < -0.4 is 31.3 Å². The molecule has 3 amide bonds. The van der Waals surface area contributed by atoms with Crippen molar-refractivity contribution in [3.63, 3.8) is 0 Å². The van der Waals surface area contributed by atoms with Gasteiger partial charge in [-0.3, -0.25) is 14.4 Å². The number of carboxylic acids is 1. The number of amides is 3. The summed E-state index contributed by atoms with van der Waals surface area (Å²) in [6.45, 7) is -1.84. The molecule has 1 fully saturated rings. The standard InChI is InChI=1S/C33H29ClF4N8O6/c34-20-8-6-19(7-9-20)32(13-14-32)46-30-43-29(44-31(45-30)52-17-33(36,37)38)41-22-10-4-18(5-11-22)25(47)39-15-12-24(28(50)51)42-27(49)26(48)40-23-3-1-2-21(35)16-23/h1-11,16,24H,12-15,17H2,(H,39,47)(H,40,48)(H,42,49)(H,50,51)(H2,41,43,44,45,46)/t24-/m1/s1. The van der Waals surface area contributed by atoms with E-state index in [-0.39, 0.29) is 36.1 Å². The molecule has 4 aromatic rings. The Morgan fingerprint density at radius 1 is 0.904 bits per heavy atom. The van der Waals surface area contributed by atoms with Gasteiger partial charge < -0.3 is 36.4 Å². The number of benzene rings is 3. The number of hydrogen-bond acceptors (Lipinski definition) is 10. The number of ether oxygens (including phenoxy) is 1. The van der Waals surface area contributed by atoms with E-state index in [1.165, 1.54) is 36.4 Å². The molecule has 0 aliphatic heterocycles. The van der Waals surface area contributed by atoms with E-state index in [4.69, 9.17) is 16.3 Å². The van der Waals surface area contributed by atoms with Gasteiger partial charge in [0.1, 0.15) is 11.9 Å². The predicted octanol–water partition coefficient (Wildman–Crippen LogP) is 4.78. The van der Waals surface area contributed by atoms with Gasteiger partial charge in [-0.15, -0.1) is 0 Å². The maximum Gasteiger partial charge on any atom is 0.422 e. The third-order valence-corrected chi connectivity index (χ3v) is 7.74. The van der Waals surface area contributed by atoms with Gasteiger partial charge in [-0.25, -0.2) is 9.18 Å². The van der Waals surface area contributed by atoms with Crippen molar-refractivity contribution in [2.24, 2.45) is 0 Å². The fourth-order valence-corrected chi connectivity index (χ4v) is 4.90. The number of hydrogen-bond donors (Lipinski definition) is 6. The van der Waals surface area contributed by atoms with Crippen molar-refractivity contribution in [1.29, 1.82) is 0 Å². The van der Waals surface area contributed by atoms with Gasteiger partial charge in [-0.2, -0.15) is 28.1 Å². The molecule has 1 saturated carbocycles. The lowest BCUT2D eigenvalue weighted by atomic mass is 10.1. The van der Waals surface area contributed by atoms with Gasteiger partial charge in [0.15, 0.2) is 6.61 Å². The molecular weight excluding hydrogens is 716 g/mol. The summed E-state index contributed by atoms with van der Waals surface area (Å²) in [4.78, 5) is 61.0. The summed E-state index contributed by atoms with van der Waals surface area (Å²) in [5, 5.41) is 22.8. The third kappa shape index (κ3) is 10.5. The smallest absolute Gasteiger partial charge is 0.422 e. The molecular formula is C33H29ClF4N8O6. The molecule has 1 atom stereocenters. The lowest BCUT2D eigenvalue weighted by molar-refractivity contribution is -0.154. The second kappa shape index (κ2) is 15.9. The van der Waals surface area contributed by atoms with Crippen LogP contribution in [0.4, 0.5) is 40.8 Å². The monoisotopic (exact) mass is 744 g/mol. The molecule has 1 heterocycles. The lowest BCUT2D eigenvalue weighted by Crippen LogP contribution is -2.47. The molecule has 0 unspecified atom stereocenters.